The fraction of sp³-hybridized carbons (Fsp3) is 0.714. The molecule has 72 valence electrons. The van der Waals surface area contributed by atoms with Crippen molar-refractivity contribution in [2.75, 3.05) is 26.7 Å². The lowest BCUT2D eigenvalue weighted by molar-refractivity contribution is -0.133. The second kappa shape index (κ2) is 6.48. The summed E-state index contributed by atoms with van der Waals surface area (Å²) in [5, 5.41) is 2.86. The van der Waals surface area contributed by atoms with Gasteiger partial charge in [-0.15, -0.1) is 0 Å². The molecule has 0 aromatic heterocycles. The number of hydrogen-bond acceptors (Lipinski definition) is 3. The molecule has 0 rings (SSSR count). The van der Waals surface area contributed by atoms with Crippen molar-refractivity contribution in [3.05, 3.63) is 0 Å². The van der Waals surface area contributed by atoms with Gasteiger partial charge in [-0.1, -0.05) is 0 Å². The number of amides is 2. The molecule has 2 amide bonds. The molecular weight excluding hydrogens is 169 g/mol. The van der Waals surface area contributed by atoms with Gasteiger partial charge in [-0.2, -0.15) is 0 Å². The Morgan fingerprint density at radius 2 is 2.15 bits per heavy atom. The number of hydrogen-bond donors (Lipinski definition) is 2. The van der Waals surface area contributed by atoms with E-state index in [4.69, 9.17) is 13.6 Å². The first-order valence-corrected chi connectivity index (χ1v) is 4.02. The molecule has 5 nitrogen and oxygen atoms in total. The van der Waals surface area contributed by atoms with Crippen LogP contribution in [0, 0.1) is 0 Å². The molecule has 0 saturated carbocycles. The molecule has 0 bridgehead atoms. The Hall–Kier alpha value is -1.04. The van der Waals surface area contributed by atoms with Crippen LogP contribution in [0.25, 0.3) is 0 Å². The van der Waals surface area contributed by atoms with Crippen molar-refractivity contribution >= 4 is 19.7 Å². The Morgan fingerprint density at radius 1 is 1.54 bits per heavy atom. The van der Waals surface area contributed by atoms with Gasteiger partial charge >= 0.3 is 0 Å². The summed E-state index contributed by atoms with van der Waals surface area (Å²) >= 11 is 0. The van der Waals surface area contributed by atoms with Crippen LogP contribution >= 0.6 is 0 Å². The monoisotopic (exact) mass is 183 g/mol. The number of primary amides is 1. The van der Waals surface area contributed by atoms with Crippen LogP contribution in [0.2, 0.25) is 6.32 Å². The quantitative estimate of drug-likeness (QED) is 0.472. The van der Waals surface area contributed by atoms with Crippen molar-refractivity contribution < 1.29 is 9.59 Å². The van der Waals surface area contributed by atoms with Gasteiger partial charge < -0.3 is 16.0 Å². The number of carbonyl (C=O) groups is 2. The van der Waals surface area contributed by atoms with Gasteiger partial charge in [-0.05, 0) is 13.4 Å². The Bertz CT molecular complexity index is 187. The maximum atomic E-state index is 11.1. The van der Waals surface area contributed by atoms with Crippen LogP contribution in [0.5, 0.6) is 0 Å². The van der Waals surface area contributed by atoms with Crippen LogP contribution in [-0.4, -0.2) is 51.2 Å². The minimum Gasteiger partial charge on any atom is -0.368 e. The van der Waals surface area contributed by atoms with Crippen molar-refractivity contribution in [3.63, 3.8) is 0 Å². The maximum absolute atomic E-state index is 11.1. The minimum absolute atomic E-state index is 0.0717. The smallest absolute Gasteiger partial charge is 0.237 e. The molecule has 0 spiro atoms. The molecule has 0 fully saturated rings. The van der Waals surface area contributed by atoms with E-state index in [1.165, 1.54) is 4.90 Å². The highest BCUT2D eigenvalue weighted by molar-refractivity contribution is 6.19. The molecule has 0 unspecified atom stereocenters. The fourth-order valence-electron chi connectivity index (χ4n) is 0.856. The van der Waals surface area contributed by atoms with E-state index >= 15 is 0 Å². The van der Waals surface area contributed by atoms with E-state index in [0.29, 0.717) is 13.1 Å². The van der Waals surface area contributed by atoms with Crippen LogP contribution in [0.15, 0.2) is 0 Å². The van der Waals surface area contributed by atoms with Gasteiger partial charge in [0.25, 0.3) is 0 Å². The number of nitrogens with one attached hydrogen (secondary N) is 1. The first-order chi connectivity index (χ1) is 6.11. The molecule has 0 aliphatic heterocycles. The summed E-state index contributed by atoms with van der Waals surface area (Å²) in [5.74, 6) is -0.799. The minimum atomic E-state index is -0.530. The average molecular weight is 183 g/mol. The van der Waals surface area contributed by atoms with Crippen molar-refractivity contribution in [1.29, 1.82) is 0 Å². The van der Waals surface area contributed by atoms with Crippen molar-refractivity contribution in [3.8, 4) is 0 Å². The largest absolute Gasteiger partial charge is 0.368 e. The predicted molar refractivity (Wildman–Crippen MR) is 50.3 cm³/mol. The molecule has 13 heavy (non-hydrogen) atoms. The van der Waals surface area contributed by atoms with Crippen LogP contribution < -0.4 is 11.1 Å². The van der Waals surface area contributed by atoms with E-state index in [1.54, 1.807) is 7.05 Å². The third-order valence-corrected chi connectivity index (χ3v) is 1.51. The SMILES string of the molecule is [B]CC(=O)N(CCNC)CC(N)=O. The predicted octanol–water partition coefficient (Wildman–Crippen LogP) is -1.89. The van der Waals surface area contributed by atoms with E-state index in [-0.39, 0.29) is 18.8 Å². The Balaban J connectivity index is 4.02. The molecular formula is C7H14BN3O2. The molecule has 0 aliphatic carbocycles. The van der Waals surface area contributed by atoms with E-state index in [9.17, 15) is 9.59 Å². The molecule has 3 N–H and O–H groups in total. The zero-order chi connectivity index (χ0) is 10.3. The fourth-order valence-corrected chi connectivity index (χ4v) is 0.856. The van der Waals surface area contributed by atoms with Gasteiger partial charge in [0.2, 0.25) is 11.8 Å². The lowest BCUT2D eigenvalue weighted by atomic mass is 10.0. The topological polar surface area (TPSA) is 75.4 Å². The van der Waals surface area contributed by atoms with Crippen LogP contribution in [0.3, 0.4) is 0 Å². The number of rotatable bonds is 6. The highest BCUT2D eigenvalue weighted by Crippen LogP contribution is 1.91. The Morgan fingerprint density at radius 3 is 2.54 bits per heavy atom. The van der Waals surface area contributed by atoms with Gasteiger partial charge in [0, 0.05) is 13.1 Å². The summed E-state index contributed by atoms with van der Waals surface area (Å²) in [6.45, 7) is 0.978. The summed E-state index contributed by atoms with van der Waals surface area (Å²) < 4.78 is 0. The first-order valence-electron chi connectivity index (χ1n) is 4.02. The molecule has 6 heteroatoms. The standard InChI is InChI=1S/C7H14BN3O2/c1-10-2-3-11(5-6(9)12)7(13)4-8/h10H,2-5H2,1H3,(H2,9,12). The van der Waals surface area contributed by atoms with Gasteiger partial charge in [0.1, 0.15) is 0 Å². The number of carbonyl (C=O) groups excluding carboxylic acids is 2. The van der Waals surface area contributed by atoms with Crippen LogP contribution in [-0.2, 0) is 9.59 Å². The van der Waals surface area contributed by atoms with Gasteiger partial charge in [-0.25, -0.2) is 0 Å². The highest BCUT2D eigenvalue weighted by atomic mass is 16.2. The first kappa shape index (κ1) is 12.0. The second-order valence-electron chi connectivity index (χ2n) is 2.59. The Labute approximate surface area is 79.1 Å². The third-order valence-electron chi connectivity index (χ3n) is 1.51. The summed E-state index contributed by atoms with van der Waals surface area (Å²) in [6, 6.07) is 0. The van der Waals surface area contributed by atoms with E-state index < -0.39 is 5.91 Å². The van der Waals surface area contributed by atoms with Crippen LogP contribution in [0.1, 0.15) is 0 Å². The van der Waals surface area contributed by atoms with E-state index in [0.717, 1.165) is 0 Å². The molecule has 0 atom stereocenters. The number of nitrogens with two attached hydrogens (primary N) is 1. The second-order valence-corrected chi connectivity index (χ2v) is 2.59. The van der Waals surface area contributed by atoms with Crippen molar-refractivity contribution in [2.24, 2.45) is 5.73 Å². The lowest BCUT2D eigenvalue weighted by Crippen LogP contribution is -2.41. The molecule has 2 radical (unpaired) electrons. The van der Waals surface area contributed by atoms with Gasteiger partial charge in [0.15, 0.2) is 0 Å². The molecule has 0 heterocycles. The van der Waals surface area contributed by atoms with Gasteiger partial charge in [0.05, 0.1) is 14.4 Å². The molecule has 0 aromatic rings. The summed E-state index contributed by atoms with van der Waals surface area (Å²) in [4.78, 5) is 23.0. The van der Waals surface area contributed by atoms with E-state index in [1.807, 2.05) is 0 Å². The van der Waals surface area contributed by atoms with Gasteiger partial charge in [-0.3, -0.25) is 9.59 Å². The maximum Gasteiger partial charge on any atom is 0.237 e. The zero-order valence-electron chi connectivity index (χ0n) is 7.75. The van der Waals surface area contributed by atoms with Crippen molar-refractivity contribution in [1.82, 2.24) is 10.2 Å². The average Bonchev–Trinajstić information content (AvgIpc) is 2.10. The normalized spacial score (nSPS) is 9.62. The molecule has 0 saturated heterocycles. The third kappa shape index (κ3) is 5.24. The molecule has 0 aliphatic rings. The summed E-state index contributed by atoms with van der Waals surface area (Å²) in [7, 11) is 6.92. The number of likely N-dealkylation sites (N-methyl/N-ethyl adjacent to an activating group) is 1. The number of nitrogens with zero attached hydrogens (tertiary/aromatic N) is 1. The van der Waals surface area contributed by atoms with Crippen LogP contribution in [0.4, 0.5) is 0 Å². The summed E-state index contributed by atoms with van der Waals surface area (Å²) in [6.07, 6.45) is -0.100. The van der Waals surface area contributed by atoms with Crippen molar-refractivity contribution in [2.45, 2.75) is 6.32 Å². The molecule has 0 aromatic carbocycles. The zero-order valence-corrected chi connectivity index (χ0v) is 7.75. The summed E-state index contributed by atoms with van der Waals surface area (Å²) in [5.41, 5.74) is 4.96. The van der Waals surface area contributed by atoms with E-state index in [2.05, 4.69) is 5.32 Å². The lowest BCUT2D eigenvalue weighted by Gasteiger charge is -2.20. The highest BCUT2D eigenvalue weighted by Gasteiger charge is 2.12. The Kier molecular flexibility index (Phi) is 5.96.